The molecule has 0 bridgehead atoms. The van der Waals surface area contributed by atoms with Gasteiger partial charge in [-0.1, -0.05) is 103 Å². The molecular formula is C40H27N5. The second kappa shape index (κ2) is 10.4. The van der Waals surface area contributed by atoms with Crippen LogP contribution in [0.2, 0.25) is 0 Å². The van der Waals surface area contributed by atoms with E-state index in [1.54, 1.807) is 0 Å². The molecule has 7 aromatic rings. The third-order valence-electron chi connectivity index (χ3n) is 8.90. The van der Waals surface area contributed by atoms with Gasteiger partial charge in [0.25, 0.3) is 0 Å². The SMILES string of the molecule is c1ccc(-c2nc(-c3ccccc3)nc(-c3ccc(N4CC5c6ncccc6-c6ccccc6-c6cccc4c65)cc3)n2)cc1. The molecule has 2 aliphatic rings. The molecular weight excluding hydrogens is 550 g/mol. The van der Waals surface area contributed by atoms with E-state index in [2.05, 4.69) is 77.7 Å². The van der Waals surface area contributed by atoms with Gasteiger partial charge >= 0.3 is 0 Å². The average molecular weight is 578 g/mol. The molecule has 0 amide bonds. The molecule has 0 fully saturated rings. The fourth-order valence-corrected chi connectivity index (χ4v) is 6.83. The number of rotatable bonds is 4. The van der Waals surface area contributed by atoms with E-state index >= 15 is 0 Å². The Morgan fingerprint density at radius 1 is 0.467 bits per heavy atom. The first-order chi connectivity index (χ1) is 22.3. The summed E-state index contributed by atoms with van der Waals surface area (Å²) in [6.45, 7) is 0.825. The van der Waals surface area contributed by atoms with Crippen molar-refractivity contribution in [3.8, 4) is 56.4 Å². The maximum Gasteiger partial charge on any atom is 0.164 e. The van der Waals surface area contributed by atoms with Crippen LogP contribution >= 0.6 is 0 Å². The van der Waals surface area contributed by atoms with Crippen LogP contribution in [0, 0.1) is 0 Å². The van der Waals surface area contributed by atoms with Crippen molar-refractivity contribution >= 4 is 11.4 Å². The summed E-state index contributed by atoms with van der Waals surface area (Å²) in [5, 5.41) is 0. The summed E-state index contributed by atoms with van der Waals surface area (Å²) in [4.78, 5) is 22.1. The standard InChI is InChI=1S/C40H27N5/c1-3-11-26(12-4-1)38-42-39(27-13-5-2-6-14-27)44-40(43-38)28-20-22-29(23-21-28)45-25-34-36-32(17-9-19-35(36)45)30-15-7-8-16-31(30)33-18-10-24-41-37(33)34/h1-24,34H,25H2. The highest BCUT2D eigenvalue weighted by molar-refractivity contribution is 5.93. The Kier molecular flexibility index (Phi) is 5.88. The first-order valence-electron chi connectivity index (χ1n) is 15.2. The highest BCUT2D eigenvalue weighted by atomic mass is 15.2. The maximum atomic E-state index is 4.96. The summed E-state index contributed by atoms with van der Waals surface area (Å²) in [5.74, 6) is 2.15. The van der Waals surface area contributed by atoms with Crippen LogP contribution in [0.3, 0.4) is 0 Å². The second-order valence-electron chi connectivity index (χ2n) is 11.5. The third kappa shape index (κ3) is 4.24. The number of hydrogen-bond acceptors (Lipinski definition) is 5. The lowest BCUT2D eigenvalue weighted by Gasteiger charge is -2.22. The smallest absolute Gasteiger partial charge is 0.164 e. The van der Waals surface area contributed by atoms with Crippen molar-refractivity contribution in [1.29, 1.82) is 0 Å². The molecule has 212 valence electrons. The van der Waals surface area contributed by atoms with Crippen molar-refractivity contribution in [2.75, 3.05) is 11.4 Å². The Morgan fingerprint density at radius 3 is 1.64 bits per heavy atom. The van der Waals surface area contributed by atoms with Gasteiger partial charge in [-0.2, -0.15) is 0 Å². The van der Waals surface area contributed by atoms with Crippen LogP contribution in [-0.2, 0) is 0 Å². The maximum absolute atomic E-state index is 4.96. The van der Waals surface area contributed by atoms with Gasteiger partial charge in [0, 0.05) is 52.3 Å². The summed E-state index contributed by atoms with van der Waals surface area (Å²) in [6.07, 6.45) is 1.93. The van der Waals surface area contributed by atoms with E-state index in [9.17, 15) is 0 Å². The Morgan fingerprint density at radius 2 is 1.00 bits per heavy atom. The molecule has 5 nitrogen and oxygen atoms in total. The topological polar surface area (TPSA) is 54.8 Å². The summed E-state index contributed by atoms with van der Waals surface area (Å²) >= 11 is 0. The van der Waals surface area contributed by atoms with E-state index in [4.69, 9.17) is 19.9 Å². The average Bonchev–Trinajstić information content (AvgIpc) is 3.47. The van der Waals surface area contributed by atoms with Gasteiger partial charge < -0.3 is 4.90 Å². The number of benzene rings is 5. The van der Waals surface area contributed by atoms with Gasteiger partial charge in [0.05, 0.1) is 5.69 Å². The third-order valence-corrected chi connectivity index (χ3v) is 8.90. The number of nitrogens with zero attached hydrogens (tertiary/aromatic N) is 5. The molecule has 2 aromatic heterocycles. The van der Waals surface area contributed by atoms with Crippen LogP contribution < -0.4 is 4.90 Å². The molecule has 1 aliphatic heterocycles. The predicted molar refractivity (Wildman–Crippen MR) is 180 cm³/mol. The van der Waals surface area contributed by atoms with Gasteiger partial charge in [-0.25, -0.2) is 15.0 Å². The molecule has 5 aromatic carbocycles. The van der Waals surface area contributed by atoms with Crippen LogP contribution in [0.15, 0.2) is 146 Å². The van der Waals surface area contributed by atoms with E-state index in [1.807, 2.05) is 72.9 Å². The van der Waals surface area contributed by atoms with Gasteiger partial charge in [0.15, 0.2) is 17.5 Å². The van der Waals surface area contributed by atoms with Crippen LogP contribution in [-0.4, -0.2) is 26.5 Å². The largest absolute Gasteiger partial charge is 0.340 e. The quantitative estimate of drug-likeness (QED) is 0.209. The fraction of sp³-hybridized carbons (Fsp3) is 0.0500. The zero-order valence-electron chi connectivity index (χ0n) is 24.4. The first kappa shape index (κ1) is 25.5. The van der Waals surface area contributed by atoms with Crippen molar-refractivity contribution < 1.29 is 0 Å². The van der Waals surface area contributed by atoms with Gasteiger partial charge in [-0.05, 0) is 58.7 Å². The minimum absolute atomic E-state index is 0.171. The lowest BCUT2D eigenvalue weighted by molar-refractivity contribution is 0.829. The molecule has 5 heteroatoms. The van der Waals surface area contributed by atoms with Crippen molar-refractivity contribution in [3.63, 3.8) is 0 Å². The Labute approximate surface area is 261 Å². The lowest BCUT2D eigenvalue weighted by Crippen LogP contribution is -2.17. The number of aromatic nitrogens is 4. The zero-order valence-corrected chi connectivity index (χ0v) is 24.4. The van der Waals surface area contributed by atoms with Crippen molar-refractivity contribution in [1.82, 2.24) is 19.9 Å². The first-order valence-corrected chi connectivity index (χ1v) is 15.2. The Bertz CT molecular complexity index is 2140. The molecule has 1 unspecified atom stereocenters. The number of hydrogen-bond donors (Lipinski definition) is 0. The molecule has 1 atom stereocenters. The van der Waals surface area contributed by atoms with Gasteiger partial charge in [0.2, 0.25) is 0 Å². The summed E-state index contributed by atoms with van der Waals surface area (Å²) in [6, 6.07) is 48.4. The van der Waals surface area contributed by atoms with Gasteiger partial charge in [0.1, 0.15) is 0 Å². The van der Waals surface area contributed by atoms with Crippen LogP contribution in [0.5, 0.6) is 0 Å². The predicted octanol–water partition coefficient (Wildman–Crippen LogP) is 9.20. The fourth-order valence-electron chi connectivity index (χ4n) is 6.83. The highest BCUT2D eigenvalue weighted by Crippen LogP contribution is 2.53. The van der Waals surface area contributed by atoms with Crippen molar-refractivity contribution in [2.45, 2.75) is 5.92 Å². The molecule has 3 heterocycles. The molecule has 0 saturated heterocycles. The van der Waals surface area contributed by atoms with Gasteiger partial charge in [-0.3, -0.25) is 4.98 Å². The molecule has 0 saturated carbocycles. The summed E-state index contributed by atoms with van der Waals surface area (Å²) in [7, 11) is 0. The zero-order chi connectivity index (χ0) is 29.7. The van der Waals surface area contributed by atoms with Crippen LogP contribution in [0.25, 0.3) is 56.4 Å². The second-order valence-corrected chi connectivity index (χ2v) is 11.5. The molecule has 45 heavy (non-hydrogen) atoms. The molecule has 1 aliphatic carbocycles. The van der Waals surface area contributed by atoms with Crippen LogP contribution in [0.1, 0.15) is 17.2 Å². The summed E-state index contributed by atoms with van der Waals surface area (Å²) < 4.78 is 0. The number of fused-ring (bicyclic) bond motifs is 5. The minimum atomic E-state index is 0.171. The molecule has 0 radical (unpaired) electrons. The van der Waals surface area contributed by atoms with Crippen molar-refractivity contribution in [2.24, 2.45) is 0 Å². The van der Waals surface area contributed by atoms with Crippen LogP contribution in [0.4, 0.5) is 11.4 Å². The Hall–Kier alpha value is -5.94. The highest BCUT2D eigenvalue weighted by Gasteiger charge is 2.37. The number of pyridine rings is 1. The minimum Gasteiger partial charge on any atom is -0.340 e. The van der Waals surface area contributed by atoms with E-state index in [1.165, 1.54) is 33.5 Å². The lowest BCUT2D eigenvalue weighted by atomic mass is 9.92. The van der Waals surface area contributed by atoms with E-state index in [0.29, 0.717) is 17.5 Å². The molecule has 0 spiro atoms. The monoisotopic (exact) mass is 577 g/mol. The van der Waals surface area contributed by atoms with Crippen molar-refractivity contribution in [3.05, 3.63) is 157 Å². The van der Waals surface area contributed by atoms with Gasteiger partial charge in [-0.15, -0.1) is 0 Å². The van der Waals surface area contributed by atoms with E-state index in [0.717, 1.165) is 34.6 Å². The normalized spacial score (nSPS) is 14.3. The molecule has 9 rings (SSSR count). The summed E-state index contributed by atoms with van der Waals surface area (Å²) in [5.41, 5.74) is 12.7. The van der Waals surface area contributed by atoms with E-state index in [-0.39, 0.29) is 5.92 Å². The van der Waals surface area contributed by atoms with E-state index < -0.39 is 0 Å². The Balaban J connectivity index is 1.13. The number of anilines is 2. The molecule has 0 N–H and O–H groups in total.